The second kappa shape index (κ2) is 4.94. The Morgan fingerprint density at radius 3 is 2.70 bits per heavy atom. The molecule has 3 aromatic rings. The lowest BCUT2D eigenvalue weighted by Crippen LogP contribution is -1.83. The van der Waals surface area contributed by atoms with Crippen molar-refractivity contribution in [2.24, 2.45) is 0 Å². The lowest BCUT2D eigenvalue weighted by Gasteiger charge is -1.96. The molecule has 3 rings (SSSR count). The zero-order valence-corrected chi connectivity index (χ0v) is 10.8. The molecular formula is C14H8ClFN2O2. The molecule has 0 radical (unpaired) electrons. The highest BCUT2D eigenvalue weighted by molar-refractivity contribution is 6.31. The summed E-state index contributed by atoms with van der Waals surface area (Å²) in [6.45, 7) is 0. The van der Waals surface area contributed by atoms with E-state index in [0.717, 1.165) is 0 Å². The standard InChI is InChI=1S/C14H8ClFN2O2/c15-11-7-8(4-5-12(11)16)13-17-14(20-18-13)9-2-1-3-10(19)6-9/h1-7,19H. The zero-order chi connectivity index (χ0) is 14.1. The molecule has 1 aromatic heterocycles. The summed E-state index contributed by atoms with van der Waals surface area (Å²) in [6.07, 6.45) is 0. The van der Waals surface area contributed by atoms with Gasteiger partial charge in [-0.3, -0.25) is 0 Å². The first kappa shape index (κ1) is 12.6. The minimum atomic E-state index is -0.507. The van der Waals surface area contributed by atoms with E-state index < -0.39 is 5.82 Å². The third-order valence-electron chi connectivity index (χ3n) is 2.70. The average molecular weight is 291 g/mol. The Morgan fingerprint density at radius 1 is 1.10 bits per heavy atom. The number of phenols is 1. The molecule has 4 nitrogen and oxygen atoms in total. The third kappa shape index (κ3) is 2.35. The van der Waals surface area contributed by atoms with E-state index in [2.05, 4.69) is 10.1 Å². The van der Waals surface area contributed by atoms with Crippen LogP contribution < -0.4 is 0 Å². The monoisotopic (exact) mass is 290 g/mol. The molecule has 1 N–H and O–H groups in total. The first-order valence-electron chi connectivity index (χ1n) is 5.72. The largest absolute Gasteiger partial charge is 0.508 e. The Labute approximate surface area is 118 Å². The van der Waals surface area contributed by atoms with Gasteiger partial charge in [-0.05, 0) is 36.4 Å². The molecule has 0 spiro atoms. The van der Waals surface area contributed by atoms with Gasteiger partial charge in [0.1, 0.15) is 11.6 Å². The van der Waals surface area contributed by atoms with Crippen LogP contribution in [-0.4, -0.2) is 15.2 Å². The second-order valence-electron chi connectivity index (χ2n) is 4.10. The molecule has 0 unspecified atom stereocenters. The number of nitrogens with zero attached hydrogens (tertiary/aromatic N) is 2. The third-order valence-corrected chi connectivity index (χ3v) is 2.99. The zero-order valence-electron chi connectivity index (χ0n) is 10.0. The van der Waals surface area contributed by atoms with Gasteiger partial charge in [0.15, 0.2) is 0 Å². The molecule has 1 heterocycles. The fourth-order valence-corrected chi connectivity index (χ4v) is 1.91. The molecule has 0 aliphatic heterocycles. The van der Waals surface area contributed by atoms with Crippen LogP contribution in [0.4, 0.5) is 4.39 Å². The van der Waals surface area contributed by atoms with Gasteiger partial charge in [-0.15, -0.1) is 0 Å². The van der Waals surface area contributed by atoms with E-state index in [-0.39, 0.29) is 16.7 Å². The Bertz CT molecular complexity index is 773. The second-order valence-corrected chi connectivity index (χ2v) is 4.51. The summed E-state index contributed by atoms with van der Waals surface area (Å²) >= 11 is 5.71. The van der Waals surface area contributed by atoms with E-state index in [9.17, 15) is 9.50 Å². The van der Waals surface area contributed by atoms with Crippen LogP contribution in [0.1, 0.15) is 0 Å². The fourth-order valence-electron chi connectivity index (χ4n) is 1.73. The van der Waals surface area contributed by atoms with Gasteiger partial charge in [-0.25, -0.2) is 4.39 Å². The van der Waals surface area contributed by atoms with E-state index in [1.54, 1.807) is 18.2 Å². The Kier molecular flexibility index (Phi) is 3.12. The highest BCUT2D eigenvalue weighted by Crippen LogP contribution is 2.26. The van der Waals surface area contributed by atoms with Gasteiger partial charge < -0.3 is 9.63 Å². The van der Waals surface area contributed by atoms with Crippen LogP contribution in [0.2, 0.25) is 5.02 Å². The van der Waals surface area contributed by atoms with Crippen molar-refractivity contribution in [3.63, 3.8) is 0 Å². The van der Waals surface area contributed by atoms with Crippen molar-refractivity contribution in [1.29, 1.82) is 0 Å². The van der Waals surface area contributed by atoms with Gasteiger partial charge in [0, 0.05) is 11.1 Å². The first-order valence-corrected chi connectivity index (χ1v) is 6.10. The summed E-state index contributed by atoms with van der Waals surface area (Å²) < 4.78 is 18.2. The van der Waals surface area contributed by atoms with Crippen LogP contribution in [0, 0.1) is 5.82 Å². The Balaban J connectivity index is 1.99. The smallest absolute Gasteiger partial charge is 0.258 e. The lowest BCUT2D eigenvalue weighted by atomic mass is 10.2. The molecule has 0 aliphatic rings. The van der Waals surface area contributed by atoms with Crippen molar-refractivity contribution in [3.05, 3.63) is 53.3 Å². The molecule has 0 saturated carbocycles. The molecule has 2 aromatic carbocycles. The minimum Gasteiger partial charge on any atom is -0.508 e. The molecule has 0 fully saturated rings. The summed E-state index contributed by atoms with van der Waals surface area (Å²) in [6, 6.07) is 10.6. The van der Waals surface area contributed by atoms with Crippen LogP contribution in [0.3, 0.4) is 0 Å². The van der Waals surface area contributed by atoms with Crippen LogP contribution in [0.15, 0.2) is 47.0 Å². The normalized spacial score (nSPS) is 10.7. The Morgan fingerprint density at radius 2 is 1.95 bits per heavy atom. The summed E-state index contributed by atoms with van der Waals surface area (Å²) in [5.74, 6) is 0.154. The summed E-state index contributed by atoms with van der Waals surface area (Å²) in [4.78, 5) is 4.19. The molecule has 6 heteroatoms. The SMILES string of the molecule is Oc1cccc(-c2nc(-c3ccc(F)c(Cl)c3)no2)c1. The molecule has 0 atom stereocenters. The number of hydrogen-bond donors (Lipinski definition) is 1. The summed E-state index contributed by atoms with van der Waals surface area (Å²) in [5, 5.41) is 13.2. The van der Waals surface area contributed by atoms with E-state index in [1.807, 2.05) is 0 Å². The van der Waals surface area contributed by atoms with E-state index in [0.29, 0.717) is 17.0 Å². The molecule has 0 amide bonds. The van der Waals surface area contributed by atoms with Crippen molar-refractivity contribution in [2.75, 3.05) is 0 Å². The highest BCUT2D eigenvalue weighted by atomic mass is 35.5. The maximum Gasteiger partial charge on any atom is 0.258 e. The van der Waals surface area contributed by atoms with Gasteiger partial charge >= 0.3 is 0 Å². The summed E-state index contributed by atoms with van der Waals surface area (Å²) in [7, 11) is 0. The maximum atomic E-state index is 13.1. The van der Waals surface area contributed by atoms with E-state index in [1.165, 1.54) is 24.3 Å². The lowest BCUT2D eigenvalue weighted by molar-refractivity contribution is 0.431. The number of halogens is 2. The molecule has 0 aliphatic carbocycles. The van der Waals surface area contributed by atoms with Crippen LogP contribution >= 0.6 is 11.6 Å². The molecule has 0 bridgehead atoms. The number of phenolic OH excluding ortho intramolecular Hbond substituents is 1. The number of aromatic hydroxyl groups is 1. The van der Waals surface area contributed by atoms with Crippen molar-refractivity contribution in [2.45, 2.75) is 0 Å². The van der Waals surface area contributed by atoms with Crippen molar-refractivity contribution < 1.29 is 14.0 Å². The van der Waals surface area contributed by atoms with Crippen LogP contribution in [0.25, 0.3) is 22.8 Å². The van der Waals surface area contributed by atoms with Gasteiger partial charge in [-0.1, -0.05) is 22.8 Å². The number of benzene rings is 2. The number of rotatable bonds is 2. The Hall–Kier alpha value is -2.40. The number of hydrogen-bond acceptors (Lipinski definition) is 4. The fraction of sp³-hybridized carbons (Fsp3) is 0. The van der Waals surface area contributed by atoms with Crippen molar-refractivity contribution in [1.82, 2.24) is 10.1 Å². The highest BCUT2D eigenvalue weighted by Gasteiger charge is 2.12. The van der Waals surface area contributed by atoms with Gasteiger partial charge in [-0.2, -0.15) is 4.98 Å². The average Bonchev–Trinajstić information content (AvgIpc) is 2.92. The van der Waals surface area contributed by atoms with Crippen molar-refractivity contribution >= 4 is 11.6 Å². The molecular weight excluding hydrogens is 283 g/mol. The molecule has 0 saturated heterocycles. The molecule has 20 heavy (non-hydrogen) atoms. The van der Waals surface area contributed by atoms with E-state index in [4.69, 9.17) is 16.1 Å². The van der Waals surface area contributed by atoms with Crippen LogP contribution in [0.5, 0.6) is 5.75 Å². The molecule has 100 valence electrons. The minimum absolute atomic E-state index is 0.00814. The quantitative estimate of drug-likeness (QED) is 0.777. The predicted molar refractivity (Wildman–Crippen MR) is 71.8 cm³/mol. The predicted octanol–water partition coefficient (Wildman–Crippen LogP) is 3.90. The summed E-state index contributed by atoms with van der Waals surface area (Å²) in [5.41, 5.74) is 1.14. The number of aromatic nitrogens is 2. The first-order chi connectivity index (χ1) is 9.63. The van der Waals surface area contributed by atoms with Gasteiger partial charge in [0.05, 0.1) is 5.02 Å². The van der Waals surface area contributed by atoms with Crippen LogP contribution in [-0.2, 0) is 0 Å². The van der Waals surface area contributed by atoms with Gasteiger partial charge in [0.25, 0.3) is 5.89 Å². The van der Waals surface area contributed by atoms with E-state index >= 15 is 0 Å². The van der Waals surface area contributed by atoms with Gasteiger partial charge in [0.2, 0.25) is 5.82 Å². The maximum absolute atomic E-state index is 13.1. The topological polar surface area (TPSA) is 59.2 Å². The van der Waals surface area contributed by atoms with Crippen molar-refractivity contribution in [3.8, 4) is 28.6 Å².